The van der Waals surface area contributed by atoms with Gasteiger partial charge in [-0.05, 0) is 42.3 Å². The first-order valence-electron chi connectivity index (χ1n) is 7.61. The first-order valence-corrected chi connectivity index (χ1v) is 10.2. The molecule has 140 valence electrons. The molecule has 0 aromatic heterocycles. The Hall–Kier alpha value is -1.83. The fraction of sp³-hybridized carbons (Fsp3) is 0.235. The van der Waals surface area contributed by atoms with E-state index in [1.807, 2.05) is 0 Å². The highest BCUT2D eigenvalue weighted by molar-refractivity contribution is 7.92. The SMILES string of the molecule is CS(=O)(=O)N(CC(=O)NCCc1ccc(F)cc1)c1ccc(Cl)cc1Cl. The van der Waals surface area contributed by atoms with Crippen LogP contribution in [0.15, 0.2) is 42.5 Å². The number of carbonyl (C=O) groups is 1. The predicted octanol–water partition coefficient (Wildman–Crippen LogP) is 3.26. The quantitative estimate of drug-likeness (QED) is 0.750. The number of sulfonamides is 1. The fourth-order valence-corrected chi connectivity index (χ4v) is 3.68. The number of nitrogens with zero attached hydrogens (tertiary/aromatic N) is 1. The molecule has 0 spiro atoms. The van der Waals surface area contributed by atoms with E-state index in [2.05, 4.69) is 5.32 Å². The van der Waals surface area contributed by atoms with Gasteiger partial charge < -0.3 is 5.32 Å². The van der Waals surface area contributed by atoms with Crippen LogP contribution in [0.1, 0.15) is 5.56 Å². The number of anilines is 1. The molecule has 0 saturated heterocycles. The van der Waals surface area contributed by atoms with Crippen LogP contribution in [0.2, 0.25) is 10.0 Å². The van der Waals surface area contributed by atoms with E-state index in [-0.39, 0.29) is 23.1 Å². The molecule has 5 nitrogen and oxygen atoms in total. The van der Waals surface area contributed by atoms with E-state index in [0.29, 0.717) is 11.4 Å². The largest absolute Gasteiger partial charge is 0.354 e. The third kappa shape index (κ3) is 5.86. The summed E-state index contributed by atoms with van der Waals surface area (Å²) in [4.78, 5) is 12.1. The van der Waals surface area contributed by atoms with Crippen molar-refractivity contribution in [2.45, 2.75) is 6.42 Å². The summed E-state index contributed by atoms with van der Waals surface area (Å²) >= 11 is 11.9. The van der Waals surface area contributed by atoms with Gasteiger partial charge >= 0.3 is 0 Å². The van der Waals surface area contributed by atoms with Gasteiger partial charge in [-0.2, -0.15) is 0 Å². The van der Waals surface area contributed by atoms with Crippen LogP contribution < -0.4 is 9.62 Å². The van der Waals surface area contributed by atoms with Crippen molar-refractivity contribution in [1.29, 1.82) is 0 Å². The van der Waals surface area contributed by atoms with E-state index in [4.69, 9.17) is 23.2 Å². The van der Waals surface area contributed by atoms with Gasteiger partial charge in [0, 0.05) is 11.6 Å². The number of halogens is 3. The van der Waals surface area contributed by atoms with Gasteiger partial charge in [0.05, 0.1) is 17.0 Å². The van der Waals surface area contributed by atoms with Crippen molar-refractivity contribution in [3.05, 3.63) is 63.9 Å². The second kappa shape index (κ2) is 8.70. The molecule has 2 aromatic carbocycles. The Labute approximate surface area is 161 Å². The van der Waals surface area contributed by atoms with E-state index < -0.39 is 22.5 Å². The average molecular weight is 419 g/mol. The van der Waals surface area contributed by atoms with Crippen molar-refractivity contribution < 1.29 is 17.6 Å². The Bertz CT molecular complexity index is 889. The molecule has 0 bridgehead atoms. The van der Waals surface area contributed by atoms with E-state index in [0.717, 1.165) is 16.1 Å². The van der Waals surface area contributed by atoms with E-state index in [1.165, 1.54) is 30.3 Å². The monoisotopic (exact) mass is 418 g/mol. The molecule has 2 rings (SSSR count). The lowest BCUT2D eigenvalue weighted by Crippen LogP contribution is -2.41. The molecule has 0 aliphatic carbocycles. The maximum atomic E-state index is 12.9. The standard InChI is InChI=1S/C17H17Cl2FN2O3S/c1-26(24,25)22(16-7-4-13(18)10-15(16)19)11-17(23)21-9-8-12-2-5-14(20)6-3-12/h2-7,10H,8-9,11H2,1H3,(H,21,23). The average Bonchev–Trinajstić information content (AvgIpc) is 2.54. The van der Waals surface area contributed by atoms with Gasteiger partial charge in [-0.15, -0.1) is 0 Å². The van der Waals surface area contributed by atoms with Gasteiger partial charge in [0.25, 0.3) is 0 Å². The Balaban J connectivity index is 2.01. The van der Waals surface area contributed by atoms with Gasteiger partial charge in [-0.25, -0.2) is 12.8 Å². The lowest BCUT2D eigenvalue weighted by Gasteiger charge is -2.23. The van der Waals surface area contributed by atoms with Gasteiger partial charge in [-0.3, -0.25) is 9.10 Å². The van der Waals surface area contributed by atoms with E-state index in [1.54, 1.807) is 12.1 Å². The molecule has 9 heteroatoms. The zero-order valence-electron chi connectivity index (χ0n) is 13.9. The highest BCUT2D eigenvalue weighted by atomic mass is 35.5. The molecular formula is C17H17Cl2FN2O3S. The van der Waals surface area contributed by atoms with Crippen LogP contribution in [-0.2, 0) is 21.2 Å². The number of amides is 1. The van der Waals surface area contributed by atoms with Crippen LogP contribution in [0.25, 0.3) is 0 Å². The highest BCUT2D eigenvalue weighted by Crippen LogP contribution is 2.30. The van der Waals surface area contributed by atoms with Crippen molar-refractivity contribution in [2.75, 3.05) is 23.7 Å². The molecule has 0 atom stereocenters. The molecule has 1 N–H and O–H groups in total. The molecule has 0 fully saturated rings. The highest BCUT2D eigenvalue weighted by Gasteiger charge is 2.23. The fourth-order valence-electron chi connectivity index (χ4n) is 2.25. The number of carbonyl (C=O) groups excluding carboxylic acids is 1. The minimum absolute atomic E-state index is 0.127. The normalized spacial score (nSPS) is 11.2. The van der Waals surface area contributed by atoms with Crippen LogP contribution in [0, 0.1) is 5.82 Å². The maximum absolute atomic E-state index is 12.9. The maximum Gasteiger partial charge on any atom is 0.240 e. The Morgan fingerprint density at radius 3 is 2.38 bits per heavy atom. The van der Waals surface area contributed by atoms with Crippen molar-refractivity contribution in [3.63, 3.8) is 0 Å². The van der Waals surface area contributed by atoms with Gasteiger partial charge in [-0.1, -0.05) is 35.3 Å². The molecule has 0 radical (unpaired) electrons. The third-order valence-electron chi connectivity index (χ3n) is 3.52. The number of rotatable bonds is 7. The van der Waals surface area contributed by atoms with Crippen molar-refractivity contribution in [2.24, 2.45) is 0 Å². The summed E-state index contributed by atoms with van der Waals surface area (Å²) in [6.45, 7) is -0.125. The van der Waals surface area contributed by atoms with Crippen LogP contribution in [0.4, 0.5) is 10.1 Å². The lowest BCUT2D eigenvalue weighted by atomic mass is 10.1. The molecule has 0 unspecified atom stereocenters. The Morgan fingerprint density at radius 1 is 1.15 bits per heavy atom. The Kier molecular flexibility index (Phi) is 6.86. The summed E-state index contributed by atoms with van der Waals surface area (Å²) in [5, 5.41) is 3.13. The summed E-state index contributed by atoms with van der Waals surface area (Å²) in [6.07, 6.45) is 1.48. The summed E-state index contributed by atoms with van der Waals surface area (Å²) in [5.41, 5.74) is 1.03. The number of benzene rings is 2. The van der Waals surface area contributed by atoms with Gasteiger partial charge in [0.1, 0.15) is 12.4 Å². The summed E-state index contributed by atoms with van der Waals surface area (Å²) in [7, 11) is -3.73. The second-order valence-corrected chi connectivity index (χ2v) is 8.34. The first-order chi connectivity index (χ1) is 12.2. The zero-order chi connectivity index (χ0) is 19.3. The van der Waals surface area contributed by atoms with Crippen LogP contribution in [0.3, 0.4) is 0 Å². The van der Waals surface area contributed by atoms with E-state index >= 15 is 0 Å². The van der Waals surface area contributed by atoms with Crippen molar-refractivity contribution >= 4 is 44.8 Å². The lowest BCUT2D eigenvalue weighted by molar-refractivity contribution is -0.119. The van der Waals surface area contributed by atoms with Crippen LogP contribution in [-0.4, -0.2) is 33.7 Å². The van der Waals surface area contributed by atoms with Gasteiger partial charge in [0.2, 0.25) is 15.9 Å². The summed E-state index contributed by atoms with van der Waals surface area (Å²) in [6, 6.07) is 10.3. The summed E-state index contributed by atoms with van der Waals surface area (Å²) < 4.78 is 37.9. The van der Waals surface area contributed by atoms with E-state index in [9.17, 15) is 17.6 Å². The smallest absolute Gasteiger partial charge is 0.240 e. The molecule has 26 heavy (non-hydrogen) atoms. The molecule has 0 aliphatic rings. The molecule has 0 saturated carbocycles. The third-order valence-corrected chi connectivity index (χ3v) is 5.18. The molecular weight excluding hydrogens is 402 g/mol. The van der Waals surface area contributed by atoms with Crippen LogP contribution >= 0.6 is 23.2 Å². The second-order valence-electron chi connectivity index (χ2n) is 5.59. The zero-order valence-corrected chi connectivity index (χ0v) is 16.2. The number of nitrogens with one attached hydrogen (secondary N) is 1. The first kappa shape index (κ1) is 20.5. The minimum atomic E-state index is -3.73. The summed E-state index contributed by atoms with van der Waals surface area (Å²) in [5.74, 6) is -0.815. The van der Waals surface area contributed by atoms with Crippen LogP contribution in [0.5, 0.6) is 0 Å². The topological polar surface area (TPSA) is 66.5 Å². The minimum Gasteiger partial charge on any atom is -0.354 e. The Morgan fingerprint density at radius 2 is 1.81 bits per heavy atom. The number of hydrogen-bond acceptors (Lipinski definition) is 3. The van der Waals surface area contributed by atoms with Gasteiger partial charge in [0.15, 0.2) is 0 Å². The molecule has 2 aromatic rings. The predicted molar refractivity (Wildman–Crippen MR) is 102 cm³/mol. The molecule has 0 aliphatic heterocycles. The molecule has 0 heterocycles. The van der Waals surface area contributed by atoms with Crippen molar-refractivity contribution in [3.8, 4) is 0 Å². The van der Waals surface area contributed by atoms with Crippen molar-refractivity contribution in [1.82, 2.24) is 5.32 Å². The number of hydrogen-bond donors (Lipinski definition) is 1. The molecule has 1 amide bonds.